The SMILES string of the molecule is Cc1cccc(C(=O)NC2CCOC2)c1Br. The van der Waals surface area contributed by atoms with E-state index < -0.39 is 0 Å². The molecule has 1 aromatic carbocycles. The maximum Gasteiger partial charge on any atom is 0.252 e. The van der Waals surface area contributed by atoms with Crippen molar-refractivity contribution in [1.29, 1.82) is 0 Å². The van der Waals surface area contributed by atoms with E-state index in [1.165, 1.54) is 0 Å². The molecular weight excluding hydrogens is 270 g/mol. The van der Waals surface area contributed by atoms with E-state index in [0.29, 0.717) is 12.2 Å². The van der Waals surface area contributed by atoms with Gasteiger partial charge < -0.3 is 10.1 Å². The number of carbonyl (C=O) groups excluding carboxylic acids is 1. The fourth-order valence-corrected chi connectivity index (χ4v) is 2.18. The van der Waals surface area contributed by atoms with Crippen LogP contribution in [0.3, 0.4) is 0 Å². The quantitative estimate of drug-likeness (QED) is 0.904. The third-order valence-corrected chi connectivity index (χ3v) is 3.75. The number of rotatable bonds is 2. The second kappa shape index (κ2) is 4.97. The molecule has 1 aliphatic rings. The second-order valence-electron chi connectivity index (χ2n) is 3.97. The van der Waals surface area contributed by atoms with Crippen molar-refractivity contribution in [3.05, 3.63) is 33.8 Å². The van der Waals surface area contributed by atoms with Gasteiger partial charge in [0.2, 0.25) is 0 Å². The maximum atomic E-state index is 12.0. The van der Waals surface area contributed by atoms with Crippen LogP contribution in [0.1, 0.15) is 22.3 Å². The molecule has 1 saturated heterocycles. The Morgan fingerprint density at radius 3 is 3.06 bits per heavy atom. The van der Waals surface area contributed by atoms with Crippen LogP contribution in [0, 0.1) is 6.92 Å². The standard InChI is InChI=1S/C12H14BrNO2/c1-8-3-2-4-10(11(8)13)12(15)14-9-5-6-16-7-9/h2-4,9H,5-7H2,1H3,(H,14,15). The number of hydrogen-bond acceptors (Lipinski definition) is 2. The van der Waals surface area contributed by atoms with E-state index in [0.717, 1.165) is 23.1 Å². The molecule has 1 unspecified atom stereocenters. The summed E-state index contributed by atoms with van der Waals surface area (Å²) in [6, 6.07) is 5.84. The van der Waals surface area contributed by atoms with Crippen molar-refractivity contribution < 1.29 is 9.53 Å². The van der Waals surface area contributed by atoms with Crippen LogP contribution in [0.4, 0.5) is 0 Å². The molecule has 1 atom stereocenters. The van der Waals surface area contributed by atoms with Crippen molar-refractivity contribution in [1.82, 2.24) is 5.32 Å². The number of aryl methyl sites for hydroxylation is 1. The highest BCUT2D eigenvalue weighted by molar-refractivity contribution is 9.10. The van der Waals surface area contributed by atoms with Crippen LogP contribution < -0.4 is 5.32 Å². The number of hydrogen-bond donors (Lipinski definition) is 1. The summed E-state index contributed by atoms with van der Waals surface area (Å²) in [6.07, 6.45) is 0.898. The van der Waals surface area contributed by atoms with Gasteiger partial charge in [-0.3, -0.25) is 4.79 Å². The van der Waals surface area contributed by atoms with E-state index in [1.807, 2.05) is 25.1 Å². The highest BCUT2D eigenvalue weighted by Crippen LogP contribution is 2.21. The van der Waals surface area contributed by atoms with E-state index in [2.05, 4.69) is 21.2 Å². The molecule has 0 bridgehead atoms. The van der Waals surface area contributed by atoms with Gasteiger partial charge in [-0.05, 0) is 40.9 Å². The molecule has 1 N–H and O–H groups in total. The molecule has 1 fully saturated rings. The molecule has 0 radical (unpaired) electrons. The second-order valence-corrected chi connectivity index (χ2v) is 4.76. The average Bonchev–Trinajstić information content (AvgIpc) is 2.74. The number of amides is 1. The topological polar surface area (TPSA) is 38.3 Å². The molecule has 0 spiro atoms. The van der Waals surface area contributed by atoms with Gasteiger partial charge in [0.25, 0.3) is 5.91 Å². The molecule has 86 valence electrons. The van der Waals surface area contributed by atoms with Crippen molar-refractivity contribution >= 4 is 21.8 Å². The van der Waals surface area contributed by atoms with Crippen LogP contribution >= 0.6 is 15.9 Å². The fourth-order valence-electron chi connectivity index (χ4n) is 1.73. The highest BCUT2D eigenvalue weighted by atomic mass is 79.9. The molecule has 1 aromatic rings. The summed E-state index contributed by atoms with van der Waals surface area (Å²) in [5.41, 5.74) is 1.75. The fraction of sp³-hybridized carbons (Fsp3) is 0.417. The third-order valence-electron chi connectivity index (χ3n) is 2.70. The Hall–Kier alpha value is -0.870. The van der Waals surface area contributed by atoms with Gasteiger partial charge in [-0.25, -0.2) is 0 Å². The average molecular weight is 284 g/mol. The van der Waals surface area contributed by atoms with Crippen LogP contribution in [0.15, 0.2) is 22.7 Å². The normalized spacial score (nSPS) is 19.8. The van der Waals surface area contributed by atoms with E-state index in [4.69, 9.17) is 4.74 Å². The third kappa shape index (κ3) is 2.44. The number of benzene rings is 1. The summed E-state index contributed by atoms with van der Waals surface area (Å²) in [6.45, 7) is 3.33. The number of nitrogens with one attached hydrogen (secondary N) is 1. The van der Waals surface area contributed by atoms with Gasteiger partial charge in [-0.1, -0.05) is 12.1 Å². The van der Waals surface area contributed by atoms with Crippen LogP contribution in [0.2, 0.25) is 0 Å². The van der Waals surface area contributed by atoms with E-state index in [9.17, 15) is 4.79 Å². The molecule has 3 nitrogen and oxygen atoms in total. The highest BCUT2D eigenvalue weighted by Gasteiger charge is 2.19. The summed E-state index contributed by atoms with van der Waals surface area (Å²) in [4.78, 5) is 12.0. The minimum Gasteiger partial charge on any atom is -0.379 e. The van der Waals surface area contributed by atoms with Gasteiger partial charge in [0, 0.05) is 11.1 Å². The molecule has 4 heteroatoms. The van der Waals surface area contributed by atoms with Crippen LogP contribution in [-0.4, -0.2) is 25.2 Å². The summed E-state index contributed by atoms with van der Waals surface area (Å²) < 4.78 is 6.09. The van der Waals surface area contributed by atoms with Crippen molar-refractivity contribution in [2.24, 2.45) is 0 Å². The Morgan fingerprint density at radius 2 is 2.38 bits per heavy atom. The first kappa shape index (κ1) is 11.6. The van der Waals surface area contributed by atoms with Crippen LogP contribution in [0.5, 0.6) is 0 Å². The zero-order valence-corrected chi connectivity index (χ0v) is 10.7. The van der Waals surface area contributed by atoms with Gasteiger partial charge in [-0.15, -0.1) is 0 Å². The molecule has 1 aliphatic heterocycles. The van der Waals surface area contributed by atoms with E-state index >= 15 is 0 Å². The summed E-state index contributed by atoms with van der Waals surface area (Å²) in [5, 5.41) is 2.97. The van der Waals surface area contributed by atoms with Crippen molar-refractivity contribution in [3.8, 4) is 0 Å². The van der Waals surface area contributed by atoms with Crippen molar-refractivity contribution in [3.63, 3.8) is 0 Å². The lowest BCUT2D eigenvalue weighted by molar-refractivity contribution is 0.0929. The smallest absolute Gasteiger partial charge is 0.252 e. The Morgan fingerprint density at radius 1 is 1.56 bits per heavy atom. The summed E-state index contributed by atoms with van der Waals surface area (Å²) in [5.74, 6) is -0.0360. The Balaban J connectivity index is 2.11. The molecule has 1 heterocycles. The predicted molar refractivity (Wildman–Crippen MR) is 65.6 cm³/mol. The monoisotopic (exact) mass is 283 g/mol. The number of carbonyl (C=O) groups is 1. The summed E-state index contributed by atoms with van der Waals surface area (Å²) in [7, 11) is 0. The Bertz CT molecular complexity index is 400. The molecule has 0 saturated carbocycles. The molecule has 2 rings (SSSR count). The molecule has 0 aliphatic carbocycles. The first-order valence-corrected chi connectivity index (χ1v) is 6.11. The lowest BCUT2D eigenvalue weighted by atomic mass is 10.1. The molecule has 0 aromatic heterocycles. The van der Waals surface area contributed by atoms with Gasteiger partial charge in [0.1, 0.15) is 0 Å². The van der Waals surface area contributed by atoms with Crippen molar-refractivity contribution in [2.75, 3.05) is 13.2 Å². The lowest BCUT2D eigenvalue weighted by Crippen LogP contribution is -2.35. The van der Waals surface area contributed by atoms with Gasteiger partial charge >= 0.3 is 0 Å². The van der Waals surface area contributed by atoms with Gasteiger partial charge in [-0.2, -0.15) is 0 Å². The Kier molecular flexibility index (Phi) is 3.61. The van der Waals surface area contributed by atoms with Crippen LogP contribution in [0.25, 0.3) is 0 Å². The van der Waals surface area contributed by atoms with Crippen LogP contribution in [-0.2, 0) is 4.74 Å². The first-order chi connectivity index (χ1) is 7.68. The maximum absolute atomic E-state index is 12.0. The van der Waals surface area contributed by atoms with E-state index in [1.54, 1.807) is 0 Å². The molecular formula is C12H14BrNO2. The largest absolute Gasteiger partial charge is 0.379 e. The van der Waals surface area contributed by atoms with Crippen molar-refractivity contribution in [2.45, 2.75) is 19.4 Å². The predicted octanol–water partition coefficient (Wildman–Crippen LogP) is 2.28. The first-order valence-electron chi connectivity index (χ1n) is 5.32. The zero-order valence-electron chi connectivity index (χ0n) is 9.13. The number of halogens is 1. The van der Waals surface area contributed by atoms with E-state index in [-0.39, 0.29) is 11.9 Å². The Labute approximate surface area is 103 Å². The summed E-state index contributed by atoms with van der Waals surface area (Å²) >= 11 is 3.44. The lowest BCUT2D eigenvalue weighted by Gasteiger charge is -2.12. The molecule has 16 heavy (non-hydrogen) atoms. The minimum absolute atomic E-state index is 0.0360. The zero-order chi connectivity index (χ0) is 11.5. The van der Waals surface area contributed by atoms with Gasteiger partial charge in [0.05, 0.1) is 18.2 Å². The van der Waals surface area contributed by atoms with Gasteiger partial charge in [0.15, 0.2) is 0 Å². The molecule has 1 amide bonds. The minimum atomic E-state index is -0.0360. The number of ether oxygens (including phenoxy) is 1.